The van der Waals surface area contributed by atoms with Crippen molar-refractivity contribution in [2.45, 2.75) is 26.2 Å². The molecule has 0 saturated carbocycles. The fourth-order valence-electron chi connectivity index (χ4n) is 4.91. The molecule has 6 aromatic rings. The molecule has 4 nitrogen and oxygen atoms in total. The average molecular weight is 533 g/mol. The van der Waals surface area contributed by atoms with E-state index in [1.165, 1.54) is 5.56 Å². The number of hydrogen-bond donors (Lipinski definition) is 0. The van der Waals surface area contributed by atoms with Gasteiger partial charge >= 0.3 is 0 Å². The van der Waals surface area contributed by atoms with Gasteiger partial charge < -0.3 is 4.90 Å². The summed E-state index contributed by atoms with van der Waals surface area (Å²) in [6.45, 7) is 4.47. The third kappa shape index (κ3) is 5.78. The molecular weight excluding hydrogens is 500 g/mol. The van der Waals surface area contributed by atoms with Gasteiger partial charge in [-0.15, -0.1) is 0 Å². The predicted octanol–water partition coefficient (Wildman–Crippen LogP) is 9.86. The Balaban J connectivity index is 1.41. The molecule has 0 bridgehead atoms. The first-order chi connectivity index (χ1) is 20.2. The molecule has 0 N–H and O–H groups in total. The van der Waals surface area contributed by atoms with Crippen LogP contribution in [0, 0.1) is 0 Å². The topological polar surface area (TPSA) is 41.9 Å². The van der Waals surface area contributed by atoms with Crippen molar-refractivity contribution in [3.8, 4) is 34.2 Å². The standard InChI is InChI=1S/C37H32N4/c1-3-27(2)28-19-21-30(22-20-28)36-38-35(29-13-7-4-8-14-29)39-37(40-36)31-23-25-34(26-24-31)41(32-15-9-5-10-16-32)33-17-11-6-12-18-33/h4-27H,3H2,1-2H3. The summed E-state index contributed by atoms with van der Waals surface area (Å²) >= 11 is 0. The summed E-state index contributed by atoms with van der Waals surface area (Å²) in [6.07, 6.45) is 1.11. The Morgan fingerprint density at radius 3 is 1.27 bits per heavy atom. The number of para-hydroxylation sites is 2. The Morgan fingerprint density at radius 1 is 0.463 bits per heavy atom. The monoisotopic (exact) mass is 532 g/mol. The van der Waals surface area contributed by atoms with Crippen molar-refractivity contribution in [2.75, 3.05) is 4.90 Å². The highest BCUT2D eigenvalue weighted by Gasteiger charge is 2.15. The van der Waals surface area contributed by atoms with E-state index in [2.05, 4.69) is 116 Å². The van der Waals surface area contributed by atoms with Gasteiger partial charge in [0.2, 0.25) is 0 Å². The van der Waals surface area contributed by atoms with E-state index in [0.717, 1.165) is 40.2 Å². The maximum Gasteiger partial charge on any atom is 0.164 e. The van der Waals surface area contributed by atoms with E-state index in [-0.39, 0.29) is 0 Å². The normalized spacial score (nSPS) is 11.7. The van der Waals surface area contributed by atoms with E-state index in [1.807, 2.05) is 42.5 Å². The summed E-state index contributed by atoms with van der Waals surface area (Å²) in [7, 11) is 0. The lowest BCUT2D eigenvalue weighted by Gasteiger charge is -2.25. The molecule has 1 unspecified atom stereocenters. The van der Waals surface area contributed by atoms with Crippen molar-refractivity contribution >= 4 is 17.1 Å². The first kappa shape index (κ1) is 26.1. The van der Waals surface area contributed by atoms with Crippen molar-refractivity contribution in [3.05, 3.63) is 145 Å². The molecule has 200 valence electrons. The van der Waals surface area contributed by atoms with Gasteiger partial charge in [-0.1, -0.05) is 105 Å². The second-order valence-corrected chi connectivity index (χ2v) is 10.2. The smallest absolute Gasteiger partial charge is 0.164 e. The van der Waals surface area contributed by atoms with Gasteiger partial charge in [0.1, 0.15) is 0 Å². The van der Waals surface area contributed by atoms with Crippen LogP contribution in [0.3, 0.4) is 0 Å². The molecule has 0 radical (unpaired) electrons. The van der Waals surface area contributed by atoms with Crippen molar-refractivity contribution in [1.29, 1.82) is 0 Å². The lowest BCUT2D eigenvalue weighted by atomic mass is 9.97. The van der Waals surface area contributed by atoms with Crippen molar-refractivity contribution in [1.82, 2.24) is 15.0 Å². The zero-order valence-electron chi connectivity index (χ0n) is 23.4. The van der Waals surface area contributed by atoms with Crippen LogP contribution >= 0.6 is 0 Å². The lowest BCUT2D eigenvalue weighted by Crippen LogP contribution is -2.09. The van der Waals surface area contributed by atoms with Crippen LogP contribution in [0.2, 0.25) is 0 Å². The highest BCUT2D eigenvalue weighted by Crippen LogP contribution is 2.35. The third-order valence-electron chi connectivity index (χ3n) is 7.43. The minimum Gasteiger partial charge on any atom is -0.311 e. The van der Waals surface area contributed by atoms with Crippen LogP contribution in [0.1, 0.15) is 31.7 Å². The van der Waals surface area contributed by atoms with E-state index < -0.39 is 0 Å². The van der Waals surface area contributed by atoms with Crippen LogP contribution < -0.4 is 4.90 Å². The van der Waals surface area contributed by atoms with Crippen LogP contribution in [0.25, 0.3) is 34.2 Å². The number of nitrogens with zero attached hydrogens (tertiary/aromatic N) is 4. The molecule has 0 aliphatic carbocycles. The molecule has 1 aromatic heterocycles. The Morgan fingerprint density at radius 2 is 0.829 bits per heavy atom. The summed E-state index contributed by atoms with van der Waals surface area (Å²) in [5, 5.41) is 0. The largest absolute Gasteiger partial charge is 0.311 e. The van der Waals surface area contributed by atoms with Crippen molar-refractivity contribution in [2.24, 2.45) is 0 Å². The number of anilines is 3. The van der Waals surface area contributed by atoms with Gasteiger partial charge in [0, 0.05) is 33.8 Å². The molecule has 41 heavy (non-hydrogen) atoms. The fraction of sp³-hybridized carbons (Fsp3) is 0.108. The molecule has 6 rings (SSSR count). The van der Waals surface area contributed by atoms with E-state index in [1.54, 1.807) is 0 Å². The summed E-state index contributed by atoms with van der Waals surface area (Å²) < 4.78 is 0. The predicted molar refractivity (Wildman–Crippen MR) is 170 cm³/mol. The van der Waals surface area contributed by atoms with Crippen LogP contribution in [0.4, 0.5) is 17.1 Å². The minimum atomic E-state index is 0.516. The highest BCUT2D eigenvalue weighted by atomic mass is 15.1. The fourth-order valence-corrected chi connectivity index (χ4v) is 4.91. The molecule has 1 atom stereocenters. The molecule has 4 heteroatoms. The van der Waals surface area contributed by atoms with Gasteiger partial charge in [0.15, 0.2) is 17.5 Å². The minimum absolute atomic E-state index is 0.516. The van der Waals surface area contributed by atoms with E-state index in [0.29, 0.717) is 23.4 Å². The summed E-state index contributed by atoms with van der Waals surface area (Å²) in [5.74, 6) is 2.50. The number of aromatic nitrogens is 3. The Kier molecular flexibility index (Phi) is 7.63. The maximum atomic E-state index is 4.95. The second kappa shape index (κ2) is 12.0. The van der Waals surface area contributed by atoms with E-state index in [9.17, 15) is 0 Å². The van der Waals surface area contributed by atoms with Gasteiger partial charge in [-0.2, -0.15) is 0 Å². The first-order valence-corrected chi connectivity index (χ1v) is 14.1. The van der Waals surface area contributed by atoms with Crippen LogP contribution in [0.5, 0.6) is 0 Å². The van der Waals surface area contributed by atoms with Crippen molar-refractivity contribution in [3.63, 3.8) is 0 Å². The zero-order chi connectivity index (χ0) is 28.0. The lowest BCUT2D eigenvalue weighted by molar-refractivity contribution is 0.734. The SMILES string of the molecule is CCC(C)c1ccc(-c2nc(-c3ccccc3)nc(-c3ccc(N(c4ccccc4)c4ccccc4)cc3)n2)cc1. The highest BCUT2D eigenvalue weighted by molar-refractivity contribution is 5.78. The maximum absolute atomic E-state index is 4.95. The van der Waals surface area contributed by atoms with Crippen molar-refractivity contribution < 1.29 is 0 Å². The molecule has 0 aliphatic rings. The molecule has 5 aromatic carbocycles. The molecule has 1 heterocycles. The molecule has 0 fully saturated rings. The molecule has 0 saturated heterocycles. The van der Waals surface area contributed by atoms with Gasteiger partial charge in [-0.25, -0.2) is 15.0 Å². The molecular formula is C37H32N4. The average Bonchev–Trinajstić information content (AvgIpc) is 3.06. The van der Waals surface area contributed by atoms with E-state index >= 15 is 0 Å². The molecule has 0 amide bonds. The Bertz CT molecular complexity index is 1660. The third-order valence-corrected chi connectivity index (χ3v) is 7.43. The number of benzene rings is 5. The molecule has 0 aliphatic heterocycles. The number of rotatable bonds is 8. The van der Waals surface area contributed by atoms with Gasteiger partial charge in [-0.3, -0.25) is 0 Å². The summed E-state index contributed by atoms with van der Waals surface area (Å²) in [4.78, 5) is 17.0. The van der Waals surface area contributed by atoms with Crippen LogP contribution in [-0.2, 0) is 0 Å². The summed E-state index contributed by atoms with van der Waals surface area (Å²) in [6, 6.07) is 48.0. The van der Waals surface area contributed by atoms with Gasteiger partial charge in [0.05, 0.1) is 0 Å². The van der Waals surface area contributed by atoms with Crippen LogP contribution in [-0.4, -0.2) is 15.0 Å². The number of hydrogen-bond acceptors (Lipinski definition) is 4. The first-order valence-electron chi connectivity index (χ1n) is 14.1. The summed E-state index contributed by atoms with van der Waals surface area (Å²) in [5.41, 5.74) is 7.46. The van der Waals surface area contributed by atoms with E-state index in [4.69, 9.17) is 15.0 Å². The Hall–Kier alpha value is -5.09. The van der Waals surface area contributed by atoms with Crippen LogP contribution in [0.15, 0.2) is 140 Å². The second-order valence-electron chi connectivity index (χ2n) is 10.2. The zero-order valence-corrected chi connectivity index (χ0v) is 23.4. The van der Waals surface area contributed by atoms with Gasteiger partial charge in [-0.05, 0) is 66.4 Å². The quantitative estimate of drug-likeness (QED) is 0.196. The Labute approximate surface area is 242 Å². The molecule has 0 spiro atoms. The van der Waals surface area contributed by atoms with Gasteiger partial charge in [0.25, 0.3) is 0 Å².